The number of carbonyl (C=O) groups excluding carboxylic acids is 1. The van der Waals surface area contributed by atoms with Gasteiger partial charge >= 0.3 is 0 Å². The Morgan fingerprint density at radius 3 is 2.53 bits per heavy atom. The summed E-state index contributed by atoms with van der Waals surface area (Å²) in [6.45, 7) is 3.42. The predicted molar refractivity (Wildman–Crippen MR) is 71.9 cm³/mol. The van der Waals surface area contributed by atoms with Crippen LogP contribution < -0.4 is 15.8 Å². The molecule has 0 saturated heterocycles. The van der Waals surface area contributed by atoms with Gasteiger partial charge in [0.2, 0.25) is 15.9 Å². The van der Waals surface area contributed by atoms with Crippen molar-refractivity contribution in [1.82, 2.24) is 9.71 Å². The number of hydrogen-bond donors (Lipinski definition) is 3. The van der Waals surface area contributed by atoms with E-state index in [1.165, 1.54) is 18.5 Å². The first-order valence-electron chi connectivity index (χ1n) is 5.73. The fraction of sp³-hybridized carbons (Fsp3) is 0.455. The van der Waals surface area contributed by atoms with Crippen LogP contribution in [0.25, 0.3) is 0 Å². The summed E-state index contributed by atoms with van der Waals surface area (Å²) < 4.78 is 26.8. The monoisotopic (exact) mass is 286 g/mol. The van der Waals surface area contributed by atoms with Crippen molar-refractivity contribution in [3.8, 4) is 0 Å². The number of sulfonamides is 1. The minimum atomic E-state index is -3.87. The fourth-order valence-electron chi connectivity index (χ4n) is 1.55. The SMILES string of the molecule is CNc1ccncc1S(=O)(=O)NC(C(N)=O)C(C)C. The molecule has 0 fully saturated rings. The standard InChI is InChI=1S/C11H18N4O3S/c1-7(2)10(11(12)16)15-19(17,18)9-6-14-5-4-8(9)13-3/h4-7,10,15H,1-3H3,(H2,12,16)(H,13,14). The second-order valence-electron chi connectivity index (χ2n) is 4.37. The zero-order chi connectivity index (χ0) is 14.6. The van der Waals surface area contributed by atoms with Gasteiger partial charge in [0.1, 0.15) is 10.9 Å². The lowest BCUT2D eigenvalue weighted by atomic mass is 10.1. The van der Waals surface area contributed by atoms with Crippen molar-refractivity contribution in [2.24, 2.45) is 11.7 Å². The second-order valence-corrected chi connectivity index (χ2v) is 6.05. The number of nitrogens with zero attached hydrogens (tertiary/aromatic N) is 1. The lowest BCUT2D eigenvalue weighted by Gasteiger charge is -2.19. The maximum absolute atomic E-state index is 12.2. The van der Waals surface area contributed by atoms with Gasteiger partial charge in [0.05, 0.1) is 5.69 Å². The fourth-order valence-corrected chi connectivity index (χ4v) is 3.06. The van der Waals surface area contributed by atoms with Crippen LogP contribution in [0, 0.1) is 5.92 Å². The van der Waals surface area contributed by atoms with Crippen LogP contribution in [0.15, 0.2) is 23.4 Å². The largest absolute Gasteiger partial charge is 0.387 e. The average Bonchev–Trinajstić information content (AvgIpc) is 2.35. The van der Waals surface area contributed by atoms with Crippen LogP contribution >= 0.6 is 0 Å². The van der Waals surface area contributed by atoms with E-state index in [0.29, 0.717) is 5.69 Å². The zero-order valence-corrected chi connectivity index (χ0v) is 11.9. The molecule has 106 valence electrons. The quantitative estimate of drug-likeness (QED) is 0.676. The summed E-state index contributed by atoms with van der Waals surface area (Å²) in [7, 11) is -2.27. The Balaban J connectivity index is 3.14. The number of nitrogens with two attached hydrogens (primary N) is 1. The summed E-state index contributed by atoms with van der Waals surface area (Å²) in [5, 5.41) is 2.76. The highest BCUT2D eigenvalue weighted by atomic mass is 32.2. The molecule has 0 aromatic carbocycles. The molecule has 1 rings (SSSR count). The molecule has 1 aromatic rings. The van der Waals surface area contributed by atoms with Gasteiger partial charge in [-0.25, -0.2) is 8.42 Å². The normalized spacial score (nSPS) is 13.3. The summed E-state index contributed by atoms with van der Waals surface area (Å²) in [6.07, 6.45) is 2.69. The molecule has 0 aliphatic heterocycles. The third-order valence-electron chi connectivity index (χ3n) is 2.60. The third-order valence-corrected chi connectivity index (χ3v) is 4.07. The third kappa shape index (κ3) is 3.65. The van der Waals surface area contributed by atoms with E-state index >= 15 is 0 Å². The number of primary amides is 1. The highest BCUT2D eigenvalue weighted by Crippen LogP contribution is 2.19. The van der Waals surface area contributed by atoms with Gasteiger partial charge in [0, 0.05) is 19.4 Å². The molecule has 0 saturated carbocycles. The average molecular weight is 286 g/mol. The minimum Gasteiger partial charge on any atom is -0.387 e. The molecule has 1 unspecified atom stereocenters. The van der Waals surface area contributed by atoms with E-state index in [9.17, 15) is 13.2 Å². The topological polar surface area (TPSA) is 114 Å². The molecule has 0 aliphatic rings. The van der Waals surface area contributed by atoms with Crippen LogP contribution in [0.2, 0.25) is 0 Å². The van der Waals surface area contributed by atoms with Crippen LogP contribution in [0.3, 0.4) is 0 Å². The van der Waals surface area contributed by atoms with E-state index in [1.54, 1.807) is 20.9 Å². The maximum Gasteiger partial charge on any atom is 0.244 e. The minimum absolute atomic E-state index is 0.0237. The number of aromatic nitrogens is 1. The Kier molecular flexibility index (Phi) is 4.84. The van der Waals surface area contributed by atoms with Crippen LogP contribution in [0.1, 0.15) is 13.8 Å². The number of pyridine rings is 1. The van der Waals surface area contributed by atoms with E-state index in [4.69, 9.17) is 5.73 Å². The molecule has 0 radical (unpaired) electrons. The van der Waals surface area contributed by atoms with Gasteiger partial charge in [-0.15, -0.1) is 0 Å². The molecule has 0 bridgehead atoms. The van der Waals surface area contributed by atoms with Crippen molar-refractivity contribution >= 4 is 21.6 Å². The molecule has 1 heterocycles. The Morgan fingerprint density at radius 2 is 2.05 bits per heavy atom. The van der Waals surface area contributed by atoms with Gasteiger partial charge in [-0.05, 0) is 12.0 Å². The Bertz CT molecular complexity index is 557. The number of anilines is 1. The summed E-state index contributed by atoms with van der Waals surface area (Å²) >= 11 is 0. The molecule has 0 aliphatic carbocycles. The number of rotatable bonds is 6. The molecule has 7 nitrogen and oxygen atoms in total. The van der Waals surface area contributed by atoms with Crippen LogP contribution in [-0.2, 0) is 14.8 Å². The molecule has 8 heteroatoms. The van der Waals surface area contributed by atoms with E-state index in [0.717, 1.165) is 0 Å². The van der Waals surface area contributed by atoms with E-state index in [-0.39, 0.29) is 10.8 Å². The van der Waals surface area contributed by atoms with Gasteiger partial charge in [-0.3, -0.25) is 9.78 Å². The smallest absolute Gasteiger partial charge is 0.244 e. The van der Waals surface area contributed by atoms with Crippen molar-refractivity contribution < 1.29 is 13.2 Å². The van der Waals surface area contributed by atoms with Crippen molar-refractivity contribution in [3.63, 3.8) is 0 Å². The van der Waals surface area contributed by atoms with Gasteiger partial charge < -0.3 is 11.1 Å². The summed E-state index contributed by atoms with van der Waals surface area (Å²) in [5.41, 5.74) is 5.59. The highest BCUT2D eigenvalue weighted by molar-refractivity contribution is 7.89. The van der Waals surface area contributed by atoms with Crippen LogP contribution in [0.5, 0.6) is 0 Å². The molecule has 19 heavy (non-hydrogen) atoms. The zero-order valence-electron chi connectivity index (χ0n) is 11.0. The number of carbonyl (C=O) groups is 1. The first kappa shape index (κ1) is 15.4. The van der Waals surface area contributed by atoms with E-state index in [1.807, 2.05) is 0 Å². The van der Waals surface area contributed by atoms with Crippen LogP contribution in [0.4, 0.5) is 5.69 Å². The summed E-state index contributed by atoms with van der Waals surface area (Å²) in [5.74, 6) is -0.963. The predicted octanol–water partition coefficient (Wildman–Crippen LogP) is -0.0885. The molecule has 1 amide bonds. The second kappa shape index (κ2) is 5.98. The van der Waals surface area contributed by atoms with Crippen molar-refractivity contribution in [2.75, 3.05) is 12.4 Å². The van der Waals surface area contributed by atoms with Crippen LogP contribution in [-0.4, -0.2) is 32.4 Å². The van der Waals surface area contributed by atoms with E-state index in [2.05, 4.69) is 15.0 Å². The van der Waals surface area contributed by atoms with Gasteiger partial charge in [0.15, 0.2) is 0 Å². The molecule has 1 atom stereocenters. The molecular weight excluding hydrogens is 268 g/mol. The van der Waals surface area contributed by atoms with Gasteiger partial charge in [-0.1, -0.05) is 13.8 Å². The first-order valence-corrected chi connectivity index (χ1v) is 7.21. The summed E-state index contributed by atoms with van der Waals surface area (Å²) in [6, 6.07) is 0.568. The Hall–Kier alpha value is -1.67. The molecule has 0 spiro atoms. The first-order chi connectivity index (χ1) is 8.79. The molecule has 1 aromatic heterocycles. The van der Waals surface area contributed by atoms with E-state index < -0.39 is 22.0 Å². The van der Waals surface area contributed by atoms with Crippen molar-refractivity contribution in [2.45, 2.75) is 24.8 Å². The molecular formula is C11H18N4O3S. The number of amides is 1. The lowest BCUT2D eigenvalue weighted by molar-refractivity contribution is -0.120. The number of hydrogen-bond acceptors (Lipinski definition) is 5. The Labute approximate surface area is 112 Å². The number of nitrogens with one attached hydrogen (secondary N) is 2. The van der Waals surface area contributed by atoms with Crippen molar-refractivity contribution in [1.29, 1.82) is 0 Å². The van der Waals surface area contributed by atoms with Gasteiger partial charge in [0.25, 0.3) is 0 Å². The Morgan fingerprint density at radius 1 is 1.42 bits per heavy atom. The van der Waals surface area contributed by atoms with Crippen molar-refractivity contribution in [3.05, 3.63) is 18.5 Å². The maximum atomic E-state index is 12.2. The summed E-state index contributed by atoms with van der Waals surface area (Å²) in [4.78, 5) is 15.0. The van der Waals surface area contributed by atoms with Gasteiger partial charge in [-0.2, -0.15) is 4.72 Å². The lowest BCUT2D eigenvalue weighted by Crippen LogP contribution is -2.47. The highest BCUT2D eigenvalue weighted by Gasteiger charge is 2.28. The molecule has 4 N–H and O–H groups in total.